The molecule has 25 heavy (non-hydrogen) atoms. The molecular formula is C17H23F2N3O3. The van der Waals surface area contributed by atoms with Crippen molar-refractivity contribution < 1.29 is 23.1 Å². The summed E-state index contributed by atoms with van der Waals surface area (Å²) in [6.45, 7) is 4.81. The van der Waals surface area contributed by atoms with E-state index in [-0.39, 0.29) is 18.2 Å². The van der Waals surface area contributed by atoms with E-state index in [9.17, 15) is 18.4 Å². The molecule has 0 saturated carbocycles. The molecule has 8 heteroatoms. The van der Waals surface area contributed by atoms with Crippen molar-refractivity contribution in [1.29, 1.82) is 0 Å². The second-order valence-corrected chi connectivity index (χ2v) is 5.97. The highest BCUT2D eigenvalue weighted by atomic mass is 19.2. The normalized spacial score (nSPS) is 16.2. The molecule has 0 bridgehead atoms. The lowest BCUT2D eigenvalue weighted by Crippen LogP contribution is -2.49. The molecular weight excluding hydrogens is 332 g/mol. The number of hydrogen-bond donors (Lipinski definition) is 2. The Balaban J connectivity index is 1.79. The van der Waals surface area contributed by atoms with Crippen molar-refractivity contribution in [2.24, 2.45) is 0 Å². The molecule has 1 heterocycles. The van der Waals surface area contributed by atoms with Gasteiger partial charge in [-0.3, -0.25) is 0 Å². The highest BCUT2D eigenvalue weighted by Crippen LogP contribution is 2.16. The van der Waals surface area contributed by atoms with Crippen molar-refractivity contribution in [3.63, 3.8) is 0 Å². The van der Waals surface area contributed by atoms with Gasteiger partial charge in [0.25, 0.3) is 0 Å². The summed E-state index contributed by atoms with van der Waals surface area (Å²) in [7, 11) is 0. The molecule has 1 fully saturated rings. The average molecular weight is 355 g/mol. The van der Waals surface area contributed by atoms with E-state index in [4.69, 9.17) is 4.74 Å². The highest BCUT2D eigenvalue weighted by molar-refractivity contribution is 5.75. The van der Waals surface area contributed by atoms with Gasteiger partial charge in [0, 0.05) is 19.1 Å². The van der Waals surface area contributed by atoms with Crippen LogP contribution in [-0.4, -0.2) is 42.8 Å². The number of ether oxygens (including phenoxy) is 1. The smallest absolute Gasteiger partial charge is 0.409 e. The van der Waals surface area contributed by atoms with Crippen LogP contribution in [0.25, 0.3) is 0 Å². The van der Waals surface area contributed by atoms with Crippen molar-refractivity contribution in [2.75, 3.05) is 19.7 Å². The quantitative estimate of drug-likeness (QED) is 0.872. The van der Waals surface area contributed by atoms with Gasteiger partial charge in [-0.15, -0.1) is 0 Å². The van der Waals surface area contributed by atoms with E-state index >= 15 is 0 Å². The zero-order valence-electron chi connectivity index (χ0n) is 14.4. The first kappa shape index (κ1) is 19.0. The first-order chi connectivity index (χ1) is 11.9. The first-order valence-corrected chi connectivity index (χ1v) is 8.34. The van der Waals surface area contributed by atoms with Crippen LogP contribution in [0.5, 0.6) is 0 Å². The van der Waals surface area contributed by atoms with Gasteiger partial charge in [-0.05, 0) is 44.4 Å². The van der Waals surface area contributed by atoms with Gasteiger partial charge in [0.2, 0.25) is 0 Å². The number of benzene rings is 1. The third-order valence-electron chi connectivity index (χ3n) is 4.15. The van der Waals surface area contributed by atoms with Crippen LogP contribution in [0.4, 0.5) is 18.4 Å². The number of carbonyl (C=O) groups excluding carboxylic acids is 2. The lowest BCUT2D eigenvalue weighted by atomic mass is 10.1. The van der Waals surface area contributed by atoms with Crippen LogP contribution in [0.2, 0.25) is 0 Å². The molecule has 1 saturated heterocycles. The second kappa shape index (κ2) is 8.64. The number of rotatable bonds is 4. The van der Waals surface area contributed by atoms with Crippen molar-refractivity contribution in [2.45, 2.75) is 38.8 Å². The maximum Gasteiger partial charge on any atom is 0.409 e. The maximum absolute atomic E-state index is 13.3. The minimum absolute atomic E-state index is 0.0529. The Morgan fingerprint density at radius 2 is 1.96 bits per heavy atom. The van der Waals surface area contributed by atoms with Crippen LogP contribution in [0.1, 0.15) is 38.3 Å². The molecule has 0 radical (unpaired) electrons. The van der Waals surface area contributed by atoms with E-state index in [0.29, 0.717) is 38.1 Å². The number of nitrogens with zero attached hydrogens (tertiary/aromatic N) is 1. The fraction of sp³-hybridized carbons (Fsp3) is 0.529. The summed E-state index contributed by atoms with van der Waals surface area (Å²) in [6.07, 6.45) is 0.926. The van der Waals surface area contributed by atoms with E-state index in [1.165, 1.54) is 6.07 Å². The lowest BCUT2D eigenvalue weighted by Gasteiger charge is -2.31. The van der Waals surface area contributed by atoms with Crippen LogP contribution in [-0.2, 0) is 4.74 Å². The van der Waals surface area contributed by atoms with Gasteiger partial charge < -0.3 is 20.3 Å². The van der Waals surface area contributed by atoms with Crippen molar-refractivity contribution >= 4 is 12.1 Å². The zero-order chi connectivity index (χ0) is 18.4. The summed E-state index contributed by atoms with van der Waals surface area (Å²) in [4.78, 5) is 25.3. The SMILES string of the molecule is CCOC(=O)N1CCC(NC(=O)N[C@@H](C)c2ccc(F)c(F)c2)CC1. The summed E-state index contributed by atoms with van der Waals surface area (Å²) >= 11 is 0. The predicted octanol–water partition coefficient (Wildman–Crippen LogP) is 2.95. The fourth-order valence-electron chi connectivity index (χ4n) is 2.71. The van der Waals surface area contributed by atoms with E-state index in [1.54, 1.807) is 18.7 Å². The molecule has 2 N–H and O–H groups in total. The van der Waals surface area contributed by atoms with Gasteiger partial charge in [0.15, 0.2) is 11.6 Å². The molecule has 1 aliphatic rings. The zero-order valence-corrected chi connectivity index (χ0v) is 14.4. The number of amides is 3. The molecule has 1 aromatic rings. The third-order valence-corrected chi connectivity index (χ3v) is 4.15. The molecule has 0 aliphatic carbocycles. The van der Waals surface area contributed by atoms with Gasteiger partial charge in [-0.25, -0.2) is 18.4 Å². The molecule has 0 unspecified atom stereocenters. The maximum atomic E-state index is 13.3. The minimum atomic E-state index is -0.946. The predicted molar refractivity (Wildman–Crippen MR) is 88.1 cm³/mol. The summed E-state index contributed by atoms with van der Waals surface area (Å²) in [5.41, 5.74) is 0.478. The summed E-state index contributed by atoms with van der Waals surface area (Å²) in [5, 5.41) is 5.54. The summed E-state index contributed by atoms with van der Waals surface area (Å²) < 4.78 is 31.2. The number of piperidine rings is 1. The molecule has 2 rings (SSSR count). The minimum Gasteiger partial charge on any atom is -0.450 e. The standard InChI is InChI=1S/C17H23F2N3O3/c1-3-25-17(24)22-8-6-13(7-9-22)21-16(23)20-11(2)12-4-5-14(18)15(19)10-12/h4-5,10-11,13H,3,6-9H2,1-2H3,(H2,20,21,23)/t11-/m0/s1. The Bertz CT molecular complexity index is 619. The number of halogens is 2. The van der Waals surface area contributed by atoms with Crippen LogP contribution in [0.3, 0.4) is 0 Å². The van der Waals surface area contributed by atoms with Gasteiger partial charge in [0.05, 0.1) is 12.6 Å². The Morgan fingerprint density at radius 3 is 2.56 bits per heavy atom. The first-order valence-electron chi connectivity index (χ1n) is 8.34. The molecule has 0 spiro atoms. The summed E-state index contributed by atoms with van der Waals surface area (Å²) in [5.74, 6) is -1.87. The molecule has 3 amide bonds. The average Bonchev–Trinajstić information content (AvgIpc) is 2.58. The number of hydrogen-bond acceptors (Lipinski definition) is 3. The number of urea groups is 1. The van der Waals surface area contributed by atoms with Gasteiger partial charge >= 0.3 is 12.1 Å². The number of carbonyl (C=O) groups is 2. The van der Waals surface area contributed by atoms with Crippen LogP contribution < -0.4 is 10.6 Å². The largest absolute Gasteiger partial charge is 0.450 e. The Hall–Kier alpha value is -2.38. The van der Waals surface area contributed by atoms with Crippen LogP contribution >= 0.6 is 0 Å². The molecule has 138 valence electrons. The van der Waals surface area contributed by atoms with Crippen LogP contribution in [0.15, 0.2) is 18.2 Å². The Labute approximate surface area is 145 Å². The number of nitrogens with one attached hydrogen (secondary N) is 2. The summed E-state index contributed by atoms with van der Waals surface area (Å²) in [6, 6.07) is 2.63. The van der Waals surface area contributed by atoms with Crippen molar-refractivity contribution in [3.8, 4) is 0 Å². The van der Waals surface area contributed by atoms with Gasteiger partial charge in [-0.2, -0.15) is 0 Å². The molecule has 1 aromatic carbocycles. The van der Waals surface area contributed by atoms with Gasteiger partial charge in [-0.1, -0.05) is 6.07 Å². The van der Waals surface area contributed by atoms with E-state index < -0.39 is 17.7 Å². The van der Waals surface area contributed by atoms with Crippen molar-refractivity contribution in [1.82, 2.24) is 15.5 Å². The monoisotopic (exact) mass is 355 g/mol. The molecule has 6 nitrogen and oxygen atoms in total. The van der Waals surface area contributed by atoms with Gasteiger partial charge in [0.1, 0.15) is 0 Å². The van der Waals surface area contributed by atoms with E-state index in [0.717, 1.165) is 12.1 Å². The third kappa shape index (κ3) is 5.30. The number of likely N-dealkylation sites (tertiary alicyclic amines) is 1. The van der Waals surface area contributed by atoms with E-state index in [2.05, 4.69) is 10.6 Å². The lowest BCUT2D eigenvalue weighted by molar-refractivity contribution is 0.0957. The molecule has 0 aromatic heterocycles. The second-order valence-electron chi connectivity index (χ2n) is 5.97. The topological polar surface area (TPSA) is 70.7 Å². The Morgan fingerprint density at radius 1 is 1.28 bits per heavy atom. The van der Waals surface area contributed by atoms with E-state index in [1.807, 2.05) is 0 Å². The van der Waals surface area contributed by atoms with Crippen molar-refractivity contribution in [3.05, 3.63) is 35.4 Å². The Kier molecular flexibility index (Phi) is 6.55. The highest BCUT2D eigenvalue weighted by Gasteiger charge is 2.25. The molecule has 1 aliphatic heterocycles. The molecule has 1 atom stereocenters. The van der Waals surface area contributed by atoms with Crippen LogP contribution in [0, 0.1) is 11.6 Å². The fourth-order valence-corrected chi connectivity index (χ4v) is 2.71.